The van der Waals surface area contributed by atoms with Gasteiger partial charge in [0.25, 0.3) is 5.91 Å². The minimum absolute atomic E-state index is 0.00603. The van der Waals surface area contributed by atoms with E-state index in [1.54, 1.807) is 24.3 Å². The standard InChI is InChI=1S/C26H23N5O2/c32-18-8-6-17(7-9-18)22-15-21(26(33)31-12-10-27-11-13-31)23-24(29-30-25(23)28-22)20-14-19(20)16-4-2-1-3-5-16/h1-9,14-15,20,27,32H,10-13H2,(H,28,29,30)/t20-/m0/s1. The third-order valence-corrected chi connectivity index (χ3v) is 6.34. The molecule has 7 heteroatoms. The molecule has 1 saturated heterocycles. The van der Waals surface area contributed by atoms with Gasteiger partial charge in [0.2, 0.25) is 0 Å². The number of hydrogen-bond acceptors (Lipinski definition) is 5. The fourth-order valence-electron chi connectivity index (χ4n) is 4.54. The van der Waals surface area contributed by atoms with Crippen LogP contribution < -0.4 is 5.32 Å². The molecule has 164 valence electrons. The number of H-pyrrole nitrogens is 1. The molecule has 0 saturated carbocycles. The Morgan fingerprint density at radius 3 is 2.52 bits per heavy atom. The van der Waals surface area contributed by atoms with Crippen molar-refractivity contribution in [2.24, 2.45) is 0 Å². The van der Waals surface area contributed by atoms with Crippen LogP contribution in [0.25, 0.3) is 27.9 Å². The Labute approximate surface area is 190 Å². The summed E-state index contributed by atoms with van der Waals surface area (Å²) in [6.07, 6.45) is 2.19. The number of nitrogens with zero attached hydrogens (tertiary/aromatic N) is 3. The Bertz CT molecular complexity index is 1370. The summed E-state index contributed by atoms with van der Waals surface area (Å²) in [5.74, 6) is 0.272. The van der Waals surface area contributed by atoms with Crippen molar-refractivity contribution in [1.82, 2.24) is 25.4 Å². The monoisotopic (exact) mass is 437 g/mol. The fraction of sp³-hybridized carbons (Fsp3) is 0.192. The van der Waals surface area contributed by atoms with Gasteiger partial charge in [-0.25, -0.2) is 4.98 Å². The van der Waals surface area contributed by atoms with Crippen molar-refractivity contribution in [3.05, 3.63) is 83.6 Å². The van der Waals surface area contributed by atoms with E-state index in [2.05, 4.69) is 33.7 Å². The second kappa shape index (κ2) is 7.86. The number of phenols is 1. The van der Waals surface area contributed by atoms with Gasteiger partial charge < -0.3 is 15.3 Å². The van der Waals surface area contributed by atoms with E-state index < -0.39 is 0 Å². The van der Waals surface area contributed by atoms with Gasteiger partial charge in [0.05, 0.1) is 22.3 Å². The normalized spacial score (nSPS) is 17.8. The smallest absolute Gasteiger partial charge is 0.254 e. The average Bonchev–Trinajstić information content (AvgIpc) is 3.55. The second-order valence-corrected chi connectivity index (χ2v) is 8.45. The van der Waals surface area contributed by atoms with Gasteiger partial charge in [-0.3, -0.25) is 9.89 Å². The highest BCUT2D eigenvalue weighted by molar-refractivity contribution is 6.08. The Hall–Kier alpha value is -3.97. The summed E-state index contributed by atoms with van der Waals surface area (Å²) in [6, 6.07) is 19.0. The first kappa shape index (κ1) is 19.7. The molecule has 1 amide bonds. The summed E-state index contributed by atoms with van der Waals surface area (Å²) < 4.78 is 0. The van der Waals surface area contributed by atoms with Crippen LogP contribution in [0.4, 0.5) is 0 Å². The third-order valence-electron chi connectivity index (χ3n) is 6.34. The molecule has 1 fully saturated rings. The molecule has 6 rings (SSSR count). The zero-order valence-corrected chi connectivity index (χ0v) is 18.0. The van der Waals surface area contributed by atoms with Crippen molar-refractivity contribution in [3.8, 4) is 17.0 Å². The van der Waals surface area contributed by atoms with Crippen LogP contribution in [0, 0.1) is 0 Å². The SMILES string of the molecule is O=C(c1cc(-c2ccc(O)cc2)nc2n[nH]c([C@H]3C=C3c3ccccc3)c12)N1CCNCC1. The Balaban J connectivity index is 1.45. The molecule has 0 spiro atoms. The van der Waals surface area contributed by atoms with Crippen molar-refractivity contribution >= 4 is 22.5 Å². The van der Waals surface area contributed by atoms with Crippen LogP contribution in [-0.2, 0) is 0 Å². The van der Waals surface area contributed by atoms with Gasteiger partial charge in [-0.1, -0.05) is 36.4 Å². The van der Waals surface area contributed by atoms with Crippen LogP contribution in [0.15, 0.2) is 66.7 Å². The quantitative estimate of drug-likeness (QED) is 0.454. The second-order valence-electron chi connectivity index (χ2n) is 8.45. The maximum absolute atomic E-state index is 13.7. The third kappa shape index (κ3) is 3.56. The molecule has 2 aliphatic rings. The number of amides is 1. The van der Waals surface area contributed by atoms with Crippen LogP contribution in [0.1, 0.15) is 27.5 Å². The molecule has 1 aliphatic heterocycles. The largest absolute Gasteiger partial charge is 0.508 e. The fourth-order valence-corrected chi connectivity index (χ4v) is 4.54. The van der Waals surface area contributed by atoms with Crippen LogP contribution in [0.5, 0.6) is 5.75 Å². The number of carbonyl (C=O) groups is 1. The highest BCUT2D eigenvalue weighted by atomic mass is 16.3. The van der Waals surface area contributed by atoms with E-state index in [0.29, 0.717) is 30.0 Å². The summed E-state index contributed by atoms with van der Waals surface area (Å²) in [6.45, 7) is 2.90. The van der Waals surface area contributed by atoms with Crippen LogP contribution in [0.3, 0.4) is 0 Å². The molecular weight excluding hydrogens is 414 g/mol. The number of aromatic hydroxyl groups is 1. The lowest BCUT2D eigenvalue weighted by molar-refractivity contribution is 0.0737. The van der Waals surface area contributed by atoms with Crippen molar-refractivity contribution in [1.29, 1.82) is 0 Å². The molecule has 0 bridgehead atoms. The number of benzene rings is 2. The number of hydrogen-bond donors (Lipinski definition) is 3. The molecule has 3 N–H and O–H groups in total. The molecule has 0 radical (unpaired) electrons. The molecule has 3 heterocycles. The van der Waals surface area contributed by atoms with Crippen molar-refractivity contribution < 1.29 is 9.90 Å². The van der Waals surface area contributed by atoms with Crippen LogP contribution in [-0.4, -0.2) is 57.3 Å². The van der Waals surface area contributed by atoms with Gasteiger partial charge in [0.1, 0.15) is 5.75 Å². The molecule has 2 aromatic carbocycles. The minimum Gasteiger partial charge on any atom is -0.508 e. The molecule has 4 aromatic rings. The number of piperazine rings is 1. The molecule has 7 nitrogen and oxygen atoms in total. The maximum atomic E-state index is 13.7. The number of aromatic amines is 1. The number of rotatable bonds is 4. The number of fused-ring (bicyclic) bond motifs is 1. The highest BCUT2D eigenvalue weighted by Crippen LogP contribution is 2.48. The van der Waals surface area contributed by atoms with Gasteiger partial charge in [0, 0.05) is 37.7 Å². The van der Waals surface area contributed by atoms with E-state index in [-0.39, 0.29) is 17.6 Å². The Morgan fingerprint density at radius 1 is 1.00 bits per heavy atom. The van der Waals surface area contributed by atoms with E-state index in [1.807, 2.05) is 29.2 Å². The zero-order valence-electron chi connectivity index (χ0n) is 18.0. The van der Waals surface area contributed by atoms with Crippen molar-refractivity contribution in [3.63, 3.8) is 0 Å². The molecular formula is C26H23N5O2. The first-order chi connectivity index (χ1) is 16.2. The van der Waals surface area contributed by atoms with Gasteiger partial charge in [0.15, 0.2) is 5.65 Å². The minimum atomic E-state index is -0.00603. The zero-order chi connectivity index (χ0) is 22.4. The van der Waals surface area contributed by atoms with E-state index in [1.165, 1.54) is 11.1 Å². The van der Waals surface area contributed by atoms with Gasteiger partial charge in [-0.2, -0.15) is 5.10 Å². The maximum Gasteiger partial charge on any atom is 0.254 e. The Morgan fingerprint density at radius 2 is 1.76 bits per heavy atom. The summed E-state index contributed by atoms with van der Waals surface area (Å²) in [4.78, 5) is 20.3. The number of nitrogens with one attached hydrogen (secondary N) is 2. The van der Waals surface area contributed by atoms with E-state index >= 15 is 0 Å². The average molecular weight is 438 g/mol. The lowest BCUT2D eigenvalue weighted by atomic mass is 10.0. The summed E-state index contributed by atoms with van der Waals surface area (Å²) in [5.41, 5.74) is 5.93. The molecule has 1 atom stereocenters. The summed E-state index contributed by atoms with van der Waals surface area (Å²) >= 11 is 0. The lowest BCUT2D eigenvalue weighted by Gasteiger charge is -2.27. The highest BCUT2D eigenvalue weighted by Gasteiger charge is 2.33. The van der Waals surface area contributed by atoms with Crippen LogP contribution in [0.2, 0.25) is 0 Å². The predicted molar refractivity (Wildman–Crippen MR) is 127 cm³/mol. The van der Waals surface area contributed by atoms with Gasteiger partial charge >= 0.3 is 0 Å². The number of pyridine rings is 1. The summed E-state index contributed by atoms with van der Waals surface area (Å²) in [7, 11) is 0. The first-order valence-corrected chi connectivity index (χ1v) is 11.1. The molecule has 33 heavy (non-hydrogen) atoms. The van der Waals surface area contributed by atoms with Crippen molar-refractivity contribution in [2.75, 3.05) is 26.2 Å². The molecule has 0 unspecified atom stereocenters. The summed E-state index contributed by atoms with van der Waals surface area (Å²) in [5, 5.41) is 21.4. The van der Waals surface area contributed by atoms with Crippen LogP contribution >= 0.6 is 0 Å². The molecule has 2 aromatic heterocycles. The van der Waals surface area contributed by atoms with E-state index in [4.69, 9.17) is 4.98 Å². The lowest BCUT2D eigenvalue weighted by Crippen LogP contribution is -2.46. The van der Waals surface area contributed by atoms with Crippen molar-refractivity contribution in [2.45, 2.75) is 5.92 Å². The first-order valence-electron chi connectivity index (χ1n) is 11.1. The number of carbonyl (C=O) groups excluding carboxylic acids is 1. The number of phenolic OH excluding ortho intramolecular Hbond substituents is 1. The van der Waals surface area contributed by atoms with E-state index in [0.717, 1.165) is 29.7 Å². The number of aromatic nitrogens is 3. The molecule has 1 aliphatic carbocycles. The predicted octanol–water partition coefficient (Wildman–Crippen LogP) is 3.56. The Kier molecular flexibility index (Phi) is 4.69. The van der Waals surface area contributed by atoms with E-state index in [9.17, 15) is 9.90 Å². The van der Waals surface area contributed by atoms with Gasteiger partial charge in [-0.05, 0) is 41.5 Å². The van der Waals surface area contributed by atoms with Gasteiger partial charge in [-0.15, -0.1) is 0 Å². The topological polar surface area (TPSA) is 94.1 Å². The number of allylic oxidation sites excluding steroid dienone is 2.